The lowest BCUT2D eigenvalue weighted by molar-refractivity contribution is -0.119. The summed E-state index contributed by atoms with van der Waals surface area (Å²) in [5.74, 6) is 1.38. The maximum atomic E-state index is 13.0. The Morgan fingerprint density at radius 3 is 2.94 bits per heavy atom. The zero-order valence-electron chi connectivity index (χ0n) is 8.80. The molecule has 1 aliphatic heterocycles. The molecule has 1 aliphatic rings. The van der Waals surface area contributed by atoms with Gasteiger partial charge in [-0.25, -0.2) is 4.39 Å². The van der Waals surface area contributed by atoms with Crippen molar-refractivity contribution in [3.63, 3.8) is 0 Å². The highest BCUT2D eigenvalue weighted by Crippen LogP contribution is 2.33. The molecule has 1 heterocycles. The molecule has 17 heavy (non-hydrogen) atoms. The van der Waals surface area contributed by atoms with Crippen molar-refractivity contribution in [1.29, 1.82) is 0 Å². The molecule has 0 bridgehead atoms. The second-order valence-electron chi connectivity index (χ2n) is 3.79. The molecular formula is C11H10BrClFNOS. The van der Waals surface area contributed by atoms with Crippen molar-refractivity contribution in [2.75, 3.05) is 16.8 Å². The number of nitrogens with one attached hydrogen (secondary N) is 1. The van der Waals surface area contributed by atoms with Gasteiger partial charge in [-0.05, 0) is 40.2 Å². The Bertz CT molecular complexity index is 428. The fourth-order valence-electron chi connectivity index (χ4n) is 1.63. The summed E-state index contributed by atoms with van der Waals surface area (Å²) in [6, 6.07) is 2.47. The van der Waals surface area contributed by atoms with Gasteiger partial charge in [-0.2, -0.15) is 11.8 Å². The van der Waals surface area contributed by atoms with Crippen molar-refractivity contribution in [3.8, 4) is 0 Å². The van der Waals surface area contributed by atoms with E-state index in [1.165, 1.54) is 12.1 Å². The normalized spacial score (nSPS) is 19.4. The Morgan fingerprint density at radius 2 is 2.35 bits per heavy atom. The monoisotopic (exact) mass is 337 g/mol. The SMILES string of the molecule is O=C(Nc1c(Cl)cc(F)cc1Br)C1CCSC1. The van der Waals surface area contributed by atoms with E-state index in [0.717, 1.165) is 17.9 Å². The Hall–Kier alpha value is -0.260. The Balaban J connectivity index is 2.15. The Kier molecular flexibility index (Phi) is 4.33. The third-order valence-electron chi connectivity index (χ3n) is 2.56. The van der Waals surface area contributed by atoms with Crippen LogP contribution in [0.4, 0.5) is 10.1 Å². The van der Waals surface area contributed by atoms with Crippen molar-refractivity contribution in [2.45, 2.75) is 6.42 Å². The zero-order chi connectivity index (χ0) is 12.4. The predicted molar refractivity (Wildman–Crippen MR) is 73.2 cm³/mol. The van der Waals surface area contributed by atoms with E-state index >= 15 is 0 Å². The first-order valence-corrected chi connectivity index (χ1v) is 7.43. The fourth-order valence-corrected chi connectivity index (χ4v) is 3.75. The highest BCUT2D eigenvalue weighted by Gasteiger charge is 2.24. The summed E-state index contributed by atoms with van der Waals surface area (Å²) < 4.78 is 13.5. The summed E-state index contributed by atoms with van der Waals surface area (Å²) in [7, 11) is 0. The molecule has 1 amide bonds. The number of rotatable bonds is 2. The lowest BCUT2D eigenvalue weighted by atomic mass is 10.1. The molecule has 0 radical (unpaired) electrons. The van der Waals surface area contributed by atoms with Crippen LogP contribution in [0, 0.1) is 11.7 Å². The Morgan fingerprint density at radius 1 is 1.59 bits per heavy atom. The number of carbonyl (C=O) groups is 1. The van der Waals surface area contributed by atoms with Gasteiger partial charge in [0.25, 0.3) is 0 Å². The first kappa shape index (κ1) is 13.2. The zero-order valence-corrected chi connectivity index (χ0v) is 12.0. The minimum absolute atomic E-state index is 0.0213. The van der Waals surface area contributed by atoms with E-state index in [1.807, 2.05) is 0 Å². The average Bonchev–Trinajstić information content (AvgIpc) is 2.76. The predicted octanol–water partition coefficient (Wildman–Crippen LogP) is 3.93. The van der Waals surface area contributed by atoms with Crippen molar-refractivity contribution < 1.29 is 9.18 Å². The van der Waals surface area contributed by atoms with Crippen molar-refractivity contribution in [3.05, 3.63) is 27.4 Å². The largest absolute Gasteiger partial charge is 0.324 e. The van der Waals surface area contributed by atoms with E-state index in [0.29, 0.717) is 10.2 Å². The maximum Gasteiger partial charge on any atom is 0.228 e. The van der Waals surface area contributed by atoms with E-state index in [4.69, 9.17) is 11.6 Å². The van der Waals surface area contributed by atoms with Crippen LogP contribution in [0.1, 0.15) is 6.42 Å². The van der Waals surface area contributed by atoms with Crippen LogP contribution in [0.2, 0.25) is 5.02 Å². The van der Waals surface area contributed by atoms with Gasteiger partial charge < -0.3 is 5.32 Å². The van der Waals surface area contributed by atoms with Gasteiger partial charge in [0.15, 0.2) is 0 Å². The first-order valence-electron chi connectivity index (χ1n) is 5.11. The van der Waals surface area contributed by atoms with Crippen molar-refractivity contribution in [1.82, 2.24) is 0 Å². The summed E-state index contributed by atoms with van der Waals surface area (Å²) in [4.78, 5) is 11.9. The highest BCUT2D eigenvalue weighted by molar-refractivity contribution is 9.10. The minimum atomic E-state index is -0.434. The molecule has 6 heteroatoms. The standard InChI is InChI=1S/C11H10BrClFNOS/c12-8-3-7(14)4-9(13)10(8)15-11(16)6-1-2-17-5-6/h3-4,6H,1-2,5H2,(H,15,16). The van der Waals surface area contributed by atoms with Crippen LogP contribution in [0.25, 0.3) is 0 Å². The van der Waals surface area contributed by atoms with Gasteiger partial charge in [0.2, 0.25) is 5.91 Å². The number of anilines is 1. The van der Waals surface area contributed by atoms with Crippen LogP contribution in [-0.2, 0) is 4.79 Å². The van der Waals surface area contributed by atoms with Gasteiger partial charge in [0, 0.05) is 16.1 Å². The molecule has 1 aromatic carbocycles. The summed E-state index contributed by atoms with van der Waals surface area (Å²) in [6.45, 7) is 0. The first-order chi connectivity index (χ1) is 8.08. The number of hydrogen-bond acceptors (Lipinski definition) is 2. The summed E-state index contributed by atoms with van der Waals surface area (Å²) >= 11 is 10.9. The van der Waals surface area contributed by atoms with Crippen LogP contribution in [0.3, 0.4) is 0 Å². The number of thioether (sulfide) groups is 1. The molecule has 0 spiro atoms. The number of carbonyl (C=O) groups excluding carboxylic acids is 1. The van der Waals surface area contributed by atoms with Gasteiger partial charge in [0.05, 0.1) is 10.7 Å². The van der Waals surface area contributed by atoms with E-state index < -0.39 is 5.82 Å². The summed E-state index contributed by atoms with van der Waals surface area (Å²) in [6.07, 6.45) is 0.882. The molecule has 2 nitrogen and oxygen atoms in total. The van der Waals surface area contributed by atoms with Gasteiger partial charge >= 0.3 is 0 Å². The topological polar surface area (TPSA) is 29.1 Å². The molecule has 0 saturated carbocycles. The van der Waals surface area contributed by atoms with Gasteiger partial charge in [-0.15, -0.1) is 0 Å². The molecule has 1 saturated heterocycles. The number of halogens is 3. The van der Waals surface area contributed by atoms with Crippen LogP contribution in [0.15, 0.2) is 16.6 Å². The van der Waals surface area contributed by atoms with Crippen LogP contribution < -0.4 is 5.32 Å². The third-order valence-corrected chi connectivity index (χ3v) is 4.64. The molecule has 1 N–H and O–H groups in total. The molecule has 92 valence electrons. The van der Waals surface area contributed by atoms with E-state index in [1.54, 1.807) is 11.8 Å². The second-order valence-corrected chi connectivity index (χ2v) is 6.21. The molecule has 0 aliphatic carbocycles. The third kappa shape index (κ3) is 3.14. The number of hydrogen-bond donors (Lipinski definition) is 1. The fraction of sp³-hybridized carbons (Fsp3) is 0.364. The molecule has 1 unspecified atom stereocenters. The molecule has 1 atom stereocenters. The average molecular weight is 339 g/mol. The highest BCUT2D eigenvalue weighted by atomic mass is 79.9. The summed E-state index contributed by atoms with van der Waals surface area (Å²) in [5, 5.41) is 2.95. The summed E-state index contributed by atoms with van der Waals surface area (Å²) in [5.41, 5.74) is 0.440. The molecule has 2 rings (SSSR count). The smallest absolute Gasteiger partial charge is 0.228 e. The Labute approximate surface area is 116 Å². The maximum absolute atomic E-state index is 13.0. The number of benzene rings is 1. The minimum Gasteiger partial charge on any atom is -0.324 e. The van der Waals surface area contributed by atoms with Crippen molar-refractivity contribution >= 4 is 50.9 Å². The van der Waals surface area contributed by atoms with E-state index in [2.05, 4.69) is 21.2 Å². The molecule has 1 aromatic rings. The quantitative estimate of drug-likeness (QED) is 0.885. The number of amides is 1. The lowest BCUT2D eigenvalue weighted by Gasteiger charge is -2.12. The van der Waals surface area contributed by atoms with Crippen molar-refractivity contribution in [2.24, 2.45) is 5.92 Å². The van der Waals surface area contributed by atoms with E-state index in [9.17, 15) is 9.18 Å². The van der Waals surface area contributed by atoms with Crippen LogP contribution >= 0.6 is 39.3 Å². The van der Waals surface area contributed by atoms with E-state index in [-0.39, 0.29) is 16.8 Å². The van der Waals surface area contributed by atoms with Gasteiger partial charge in [-0.1, -0.05) is 11.6 Å². The van der Waals surface area contributed by atoms with Crippen LogP contribution in [-0.4, -0.2) is 17.4 Å². The van der Waals surface area contributed by atoms with Gasteiger partial charge in [-0.3, -0.25) is 4.79 Å². The lowest BCUT2D eigenvalue weighted by Crippen LogP contribution is -2.22. The van der Waals surface area contributed by atoms with Gasteiger partial charge in [0.1, 0.15) is 5.82 Å². The van der Waals surface area contributed by atoms with Crippen LogP contribution in [0.5, 0.6) is 0 Å². The molecule has 0 aromatic heterocycles. The molecule has 1 fully saturated rings. The molecular weight excluding hydrogens is 329 g/mol. The second kappa shape index (κ2) is 5.59.